The van der Waals surface area contributed by atoms with Gasteiger partial charge in [0, 0.05) is 6.23 Å². The van der Waals surface area contributed by atoms with Gasteiger partial charge < -0.3 is 5.11 Å². The van der Waals surface area contributed by atoms with E-state index >= 15 is 0 Å². The second kappa shape index (κ2) is 9.61. The standard InChI is InChI=1S/C5H12S.C4H12OSi/c1-3-4-5-6-2;1-6(2,3)4-5/h3-5H2,1-2H3;5H,4H2,1-3H3. The van der Waals surface area contributed by atoms with E-state index in [2.05, 4.69) is 32.8 Å². The third-order valence-corrected chi connectivity index (χ3v) is 2.82. The summed E-state index contributed by atoms with van der Waals surface area (Å²) in [6.45, 7) is 8.61. The first-order valence-corrected chi connectivity index (χ1v) is 9.67. The Bertz CT molecular complexity index is 77.1. The Labute approximate surface area is 83.0 Å². The Kier molecular flexibility index (Phi) is 12.0. The summed E-state index contributed by atoms with van der Waals surface area (Å²) in [5, 5.41) is 8.46. The summed E-state index contributed by atoms with van der Waals surface area (Å²) in [7, 11) is -1.08. The Morgan fingerprint density at radius 2 is 1.67 bits per heavy atom. The first kappa shape index (κ1) is 15.0. The monoisotopic (exact) mass is 208 g/mol. The lowest BCUT2D eigenvalue weighted by atomic mass is 10.4. The lowest BCUT2D eigenvalue weighted by Crippen LogP contribution is -2.25. The van der Waals surface area contributed by atoms with Crippen LogP contribution in [0.4, 0.5) is 0 Å². The summed E-state index contributed by atoms with van der Waals surface area (Å²) in [6, 6.07) is 0. The zero-order valence-electron chi connectivity index (χ0n) is 9.18. The molecule has 0 bridgehead atoms. The first-order chi connectivity index (χ1) is 5.47. The van der Waals surface area contributed by atoms with E-state index in [1.807, 2.05) is 11.8 Å². The van der Waals surface area contributed by atoms with Crippen LogP contribution in [0.1, 0.15) is 19.8 Å². The molecular formula is C9H24OSSi. The SMILES string of the molecule is CCCCSC.C[Si](C)(C)CO. The Hall–Kier alpha value is 0.527. The van der Waals surface area contributed by atoms with Gasteiger partial charge in [-0.15, -0.1) is 0 Å². The molecule has 0 amide bonds. The maximum Gasteiger partial charge on any atom is 0.0742 e. The average Bonchev–Trinajstić information content (AvgIpc) is 2.01. The average molecular weight is 208 g/mol. The number of aliphatic hydroxyl groups excluding tert-OH is 1. The molecule has 0 unspecified atom stereocenters. The second-order valence-corrected chi connectivity index (χ2v) is 10.5. The van der Waals surface area contributed by atoms with Crippen LogP contribution in [-0.2, 0) is 0 Å². The molecule has 1 N–H and O–H groups in total. The van der Waals surface area contributed by atoms with E-state index in [4.69, 9.17) is 5.11 Å². The van der Waals surface area contributed by atoms with Gasteiger partial charge in [0.25, 0.3) is 0 Å². The van der Waals surface area contributed by atoms with Gasteiger partial charge in [0.2, 0.25) is 0 Å². The van der Waals surface area contributed by atoms with Crippen LogP contribution in [-0.4, -0.2) is 31.4 Å². The van der Waals surface area contributed by atoms with E-state index in [0.29, 0.717) is 6.23 Å². The smallest absolute Gasteiger partial charge is 0.0742 e. The van der Waals surface area contributed by atoms with Crippen molar-refractivity contribution in [2.45, 2.75) is 39.4 Å². The van der Waals surface area contributed by atoms with E-state index in [1.165, 1.54) is 18.6 Å². The highest BCUT2D eigenvalue weighted by Gasteiger charge is 2.08. The lowest BCUT2D eigenvalue weighted by molar-refractivity contribution is 0.359. The molecule has 0 rings (SSSR count). The molecule has 0 radical (unpaired) electrons. The fourth-order valence-corrected chi connectivity index (χ4v) is 0.866. The molecule has 12 heavy (non-hydrogen) atoms. The third kappa shape index (κ3) is 22.4. The van der Waals surface area contributed by atoms with Gasteiger partial charge in [0.15, 0.2) is 0 Å². The Morgan fingerprint density at radius 1 is 1.25 bits per heavy atom. The van der Waals surface area contributed by atoms with E-state index in [1.54, 1.807) is 0 Å². The minimum absolute atomic E-state index is 0.410. The maximum atomic E-state index is 8.46. The fourth-order valence-electron chi connectivity index (χ4n) is 0.289. The third-order valence-electron chi connectivity index (χ3n) is 1.18. The van der Waals surface area contributed by atoms with Crippen LogP contribution in [0, 0.1) is 0 Å². The molecule has 1 nitrogen and oxygen atoms in total. The largest absolute Gasteiger partial charge is 0.400 e. The molecule has 0 aliphatic heterocycles. The van der Waals surface area contributed by atoms with Crippen LogP contribution in [0.2, 0.25) is 19.6 Å². The van der Waals surface area contributed by atoms with E-state index in [-0.39, 0.29) is 0 Å². The molecule has 0 spiro atoms. The van der Waals surface area contributed by atoms with Crippen LogP contribution < -0.4 is 0 Å². The van der Waals surface area contributed by atoms with Gasteiger partial charge in [-0.3, -0.25) is 0 Å². The summed E-state index contributed by atoms with van der Waals surface area (Å²) in [4.78, 5) is 0. The molecule has 0 aromatic rings. The quantitative estimate of drug-likeness (QED) is 0.566. The summed E-state index contributed by atoms with van der Waals surface area (Å²) < 4.78 is 0. The van der Waals surface area contributed by atoms with E-state index < -0.39 is 8.07 Å². The van der Waals surface area contributed by atoms with Crippen molar-refractivity contribution in [2.75, 3.05) is 18.2 Å². The van der Waals surface area contributed by atoms with Crippen molar-refractivity contribution < 1.29 is 5.11 Å². The highest BCUT2D eigenvalue weighted by molar-refractivity contribution is 7.98. The van der Waals surface area contributed by atoms with Gasteiger partial charge in [-0.1, -0.05) is 33.0 Å². The molecule has 0 aromatic heterocycles. The zero-order chi connectivity index (χ0) is 10.0. The minimum Gasteiger partial charge on any atom is -0.400 e. The van der Waals surface area contributed by atoms with Crippen molar-refractivity contribution in [3.8, 4) is 0 Å². The normalized spacial score (nSPS) is 10.5. The number of rotatable bonds is 4. The van der Waals surface area contributed by atoms with Crippen molar-refractivity contribution in [1.82, 2.24) is 0 Å². The molecule has 0 aliphatic carbocycles. The molecular weight excluding hydrogens is 184 g/mol. The molecule has 0 atom stereocenters. The van der Waals surface area contributed by atoms with E-state index in [9.17, 15) is 0 Å². The van der Waals surface area contributed by atoms with Crippen molar-refractivity contribution in [1.29, 1.82) is 0 Å². The molecule has 3 heteroatoms. The fraction of sp³-hybridized carbons (Fsp3) is 1.00. The summed E-state index contributed by atoms with van der Waals surface area (Å²) in [5.74, 6) is 1.33. The van der Waals surface area contributed by atoms with Crippen LogP contribution >= 0.6 is 11.8 Å². The number of hydrogen-bond donors (Lipinski definition) is 1. The van der Waals surface area contributed by atoms with Gasteiger partial charge in [-0.25, -0.2) is 0 Å². The first-order valence-electron chi connectivity index (χ1n) is 4.57. The van der Waals surface area contributed by atoms with Gasteiger partial charge in [0.1, 0.15) is 0 Å². The van der Waals surface area contributed by atoms with E-state index in [0.717, 1.165) is 0 Å². The number of thioether (sulfide) groups is 1. The highest BCUT2D eigenvalue weighted by Crippen LogP contribution is 1.96. The number of hydrogen-bond acceptors (Lipinski definition) is 2. The van der Waals surface area contributed by atoms with Gasteiger partial charge in [-0.2, -0.15) is 11.8 Å². The van der Waals surface area contributed by atoms with Gasteiger partial charge in [0.05, 0.1) is 8.07 Å². The predicted octanol–water partition coefficient (Wildman–Crippen LogP) is 3.01. The van der Waals surface area contributed by atoms with Crippen molar-refractivity contribution in [3.05, 3.63) is 0 Å². The topological polar surface area (TPSA) is 20.2 Å². The molecule has 0 heterocycles. The van der Waals surface area contributed by atoms with Gasteiger partial charge >= 0.3 is 0 Å². The van der Waals surface area contributed by atoms with Crippen molar-refractivity contribution in [3.63, 3.8) is 0 Å². The van der Waals surface area contributed by atoms with Crippen molar-refractivity contribution >= 4 is 19.8 Å². The molecule has 76 valence electrons. The van der Waals surface area contributed by atoms with Crippen LogP contribution in [0.5, 0.6) is 0 Å². The summed E-state index contributed by atoms with van der Waals surface area (Å²) in [6.07, 6.45) is 5.27. The summed E-state index contributed by atoms with van der Waals surface area (Å²) in [5.41, 5.74) is 0. The highest BCUT2D eigenvalue weighted by atomic mass is 32.2. The predicted molar refractivity (Wildman–Crippen MR) is 63.7 cm³/mol. The van der Waals surface area contributed by atoms with Crippen LogP contribution in [0.15, 0.2) is 0 Å². The zero-order valence-corrected chi connectivity index (χ0v) is 11.0. The molecule has 0 fully saturated rings. The van der Waals surface area contributed by atoms with Crippen LogP contribution in [0.3, 0.4) is 0 Å². The molecule has 0 saturated carbocycles. The Balaban J connectivity index is 0. The maximum absolute atomic E-state index is 8.46. The molecule has 0 saturated heterocycles. The van der Waals surface area contributed by atoms with Crippen molar-refractivity contribution in [2.24, 2.45) is 0 Å². The van der Waals surface area contributed by atoms with Gasteiger partial charge in [-0.05, 0) is 18.4 Å². The lowest BCUT2D eigenvalue weighted by Gasteiger charge is -2.08. The number of unbranched alkanes of at least 4 members (excludes halogenated alkanes) is 1. The number of aliphatic hydroxyl groups is 1. The summed E-state index contributed by atoms with van der Waals surface area (Å²) >= 11 is 1.93. The molecule has 0 aromatic carbocycles. The molecule has 0 aliphatic rings. The van der Waals surface area contributed by atoms with Crippen LogP contribution in [0.25, 0.3) is 0 Å². The minimum atomic E-state index is -1.08. The Morgan fingerprint density at radius 3 is 1.75 bits per heavy atom. The second-order valence-electron chi connectivity index (χ2n) is 4.07.